The van der Waals surface area contributed by atoms with E-state index in [1.165, 1.54) is 54.6 Å². The molecule has 30 heavy (non-hydrogen) atoms. The Morgan fingerprint density at radius 2 is 0.867 bits per heavy atom. The van der Waals surface area contributed by atoms with Gasteiger partial charge in [0.1, 0.15) is 0 Å². The molecule has 6 aromatic carbocycles. The molecule has 0 aliphatic heterocycles. The molecule has 0 atom stereocenters. The van der Waals surface area contributed by atoms with Gasteiger partial charge >= 0.3 is 0 Å². The Morgan fingerprint density at radius 3 is 1.60 bits per heavy atom. The van der Waals surface area contributed by atoms with E-state index in [1.54, 1.807) is 0 Å². The zero-order valence-electron chi connectivity index (χ0n) is 16.5. The van der Waals surface area contributed by atoms with E-state index in [9.17, 15) is 0 Å². The van der Waals surface area contributed by atoms with E-state index in [2.05, 4.69) is 121 Å². The first-order chi connectivity index (χ1) is 14.9. The quantitative estimate of drug-likeness (QED) is 0.264. The topological polar surface area (TPSA) is 0 Å². The summed E-state index contributed by atoms with van der Waals surface area (Å²) >= 11 is 0. The van der Waals surface area contributed by atoms with E-state index in [0.29, 0.717) is 0 Å². The third-order valence-corrected chi connectivity index (χ3v) is 6.02. The molecular formula is C30H20. The molecule has 0 nitrogen and oxygen atoms in total. The fourth-order valence-corrected chi connectivity index (χ4v) is 4.64. The second-order valence-electron chi connectivity index (χ2n) is 7.80. The highest BCUT2D eigenvalue weighted by molar-refractivity contribution is 6.13. The van der Waals surface area contributed by atoms with Crippen molar-refractivity contribution >= 4 is 32.3 Å². The molecular weight excluding hydrogens is 360 g/mol. The number of hydrogen-bond acceptors (Lipinski definition) is 0. The molecule has 0 amide bonds. The van der Waals surface area contributed by atoms with Crippen molar-refractivity contribution in [1.29, 1.82) is 0 Å². The van der Waals surface area contributed by atoms with Gasteiger partial charge in [-0.1, -0.05) is 109 Å². The molecule has 0 spiro atoms. The summed E-state index contributed by atoms with van der Waals surface area (Å²) in [5.74, 6) is 0. The summed E-state index contributed by atoms with van der Waals surface area (Å²) < 4.78 is 0. The fourth-order valence-electron chi connectivity index (χ4n) is 4.64. The SMILES string of the molecule is c1cc(-c2cccc3ccccc23)cc(-c2c3ccccc3cc3ccccc23)c1. The zero-order chi connectivity index (χ0) is 19.9. The molecule has 0 heteroatoms. The average molecular weight is 380 g/mol. The molecule has 0 bridgehead atoms. The van der Waals surface area contributed by atoms with Crippen molar-refractivity contribution in [2.45, 2.75) is 0 Å². The van der Waals surface area contributed by atoms with E-state index >= 15 is 0 Å². The van der Waals surface area contributed by atoms with E-state index in [0.717, 1.165) is 0 Å². The predicted molar refractivity (Wildman–Crippen MR) is 130 cm³/mol. The summed E-state index contributed by atoms with van der Waals surface area (Å²) in [5, 5.41) is 7.72. The summed E-state index contributed by atoms with van der Waals surface area (Å²) in [5.41, 5.74) is 5.10. The minimum atomic E-state index is 1.25. The molecule has 0 saturated heterocycles. The highest BCUT2D eigenvalue weighted by Crippen LogP contribution is 2.38. The lowest BCUT2D eigenvalue weighted by Crippen LogP contribution is -1.87. The van der Waals surface area contributed by atoms with Crippen LogP contribution in [-0.2, 0) is 0 Å². The number of hydrogen-bond donors (Lipinski definition) is 0. The molecule has 0 saturated carbocycles. The maximum Gasteiger partial charge on any atom is -0.00266 e. The highest BCUT2D eigenvalue weighted by Gasteiger charge is 2.11. The van der Waals surface area contributed by atoms with Gasteiger partial charge in [0, 0.05) is 0 Å². The van der Waals surface area contributed by atoms with E-state index in [-0.39, 0.29) is 0 Å². The Morgan fingerprint density at radius 1 is 0.333 bits per heavy atom. The van der Waals surface area contributed by atoms with Crippen LogP contribution in [0.4, 0.5) is 0 Å². The molecule has 0 unspecified atom stereocenters. The zero-order valence-corrected chi connectivity index (χ0v) is 16.5. The van der Waals surface area contributed by atoms with Gasteiger partial charge < -0.3 is 0 Å². The van der Waals surface area contributed by atoms with E-state index < -0.39 is 0 Å². The van der Waals surface area contributed by atoms with Crippen molar-refractivity contribution in [1.82, 2.24) is 0 Å². The van der Waals surface area contributed by atoms with Gasteiger partial charge in [0.15, 0.2) is 0 Å². The maximum absolute atomic E-state index is 2.34. The summed E-state index contributed by atoms with van der Waals surface area (Å²) in [6.45, 7) is 0. The Labute approximate surface area is 176 Å². The Bertz CT molecular complexity index is 1480. The van der Waals surface area contributed by atoms with Crippen LogP contribution in [0.15, 0.2) is 121 Å². The van der Waals surface area contributed by atoms with Crippen LogP contribution in [0.5, 0.6) is 0 Å². The average Bonchev–Trinajstić information content (AvgIpc) is 2.82. The second-order valence-corrected chi connectivity index (χ2v) is 7.80. The van der Waals surface area contributed by atoms with Gasteiger partial charge in [-0.15, -0.1) is 0 Å². The predicted octanol–water partition coefficient (Wildman–Crippen LogP) is 8.48. The first-order valence-electron chi connectivity index (χ1n) is 10.4. The molecule has 0 aromatic heterocycles. The molecule has 0 aliphatic carbocycles. The van der Waals surface area contributed by atoms with E-state index in [4.69, 9.17) is 0 Å². The first-order valence-corrected chi connectivity index (χ1v) is 10.4. The summed E-state index contributed by atoms with van der Waals surface area (Å²) in [7, 11) is 0. The molecule has 0 N–H and O–H groups in total. The monoisotopic (exact) mass is 380 g/mol. The molecule has 0 aliphatic rings. The van der Waals surface area contributed by atoms with Gasteiger partial charge in [-0.05, 0) is 66.7 Å². The van der Waals surface area contributed by atoms with Gasteiger partial charge in [0.05, 0.1) is 0 Å². The van der Waals surface area contributed by atoms with Crippen LogP contribution in [0.1, 0.15) is 0 Å². The normalized spacial score (nSPS) is 11.3. The largest absolute Gasteiger partial charge is 0.0616 e. The number of rotatable bonds is 2. The van der Waals surface area contributed by atoms with Gasteiger partial charge in [-0.25, -0.2) is 0 Å². The fraction of sp³-hybridized carbons (Fsp3) is 0. The number of benzene rings is 6. The van der Waals surface area contributed by atoms with Crippen molar-refractivity contribution in [3.05, 3.63) is 121 Å². The lowest BCUT2D eigenvalue weighted by molar-refractivity contribution is 1.63. The summed E-state index contributed by atoms with van der Waals surface area (Å²) in [6.07, 6.45) is 0. The summed E-state index contributed by atoms with van der Waals surface area (Å²) in [4.78, 5) is 0. The van der Waals surface area contributed by atoms with Crippen molar-refractivity contribution < 1.29 is 0 Å². The Kier molecular flexibility index (Phi) is 3.89. The van der Waals surface area contributed by atoms with Crippen LogP contribution in [0, 0.1) is 0 Å². The molecule has 0 fully saturated rings. The number of fused-ring (bicyclic) bond motifs is 3. The minimum absolute atomic E-state index is 1.25. The first kappa shape index (κ1) is 17.0. The van der Waals surface area contributed by atoms with Crippen molar-refractivity contribution in [3.8, 4) is 22.3 Å². The third kappa shape index (κ3) is 2.69. The minimum Gasteiger partial charge on any atom is -0.0616 e. The van der Waals surface area contributed by atoms with Gasteiger partial charge in [-0.2, -0.15) is 0 Å². The third-order valence-electron chi connectivity index (χ3n) is 6.02. The molecule has 0 heterocycles. The molecule has 6 aromatic rings. The Balaban J connectivity index is 1.66. The Hall–Kier alpha value is -3.90. The van der Waals surface area contributed by atoms with Gasteiger partial charge in [0.25, 0.3) is 0 Å². The molecule has 140 valence electrons. The van der Waals surface area contributed by atoms with Gasteiger partial charge in [0.2, 0.25) is 0 Å². The summed E-state index contributed by atoms with van der Waals surface area (Å²) in [6, 6.07) is 43.8. The lowest BCUT2D eigenvalue weighted by atomic mass is 9.90. The van der Waals surface area contributed by atoms with E-state index in [1.807, 2.05) is 0 Å². The molecule has 0 radical (unpaired) electrons. The van der Waals surface area contributed by atoms with Crippen LogP contribution in [0.25, 0.3) is 54.6 Å². The van der Waals surface area contributed by atoms with Crippen LogP contribution in [0.3, 0.4) is 0 Å². The van der Waals surface area contributed by atoms with Crippen LogP contribution in [-0.4, -0.2) is 0 Å². The van der Waals surface area contributed by atoms with Crippen molar-refractivity contribution in [2.75, 3.05) is 0 Å². The lowest BCUT2D eigenvalue weighted by Gasteiger charge is -2.14. The van der Waals surface area contributed by atoms with Crippen LogP contribution in [0.2, 0.25) is 0 Å². The van der Waals surface area contributed by atoms with Crippen LogP contribution < -0.4 is 0 Å². The molecule has 6 rings (SSSR count). The second kappa shape index (κ2) is 6.86. The smallest absolute Gasteiger partial charge is 0.00266 e. The van der Waals surface area contributed by atoms with Crippen molar-refractivity contribution in [2.24, 2.45) is 0 Å². The maximum atomic E-state index is 2.34. The van der Waals surface area contributed by atoms with Gasteiger partial charge in [-0.3, -0.25) is 0 Å². The van der Waals surface area contributed by atoms with Crippen molar-refractivity contribution in [3.63, 3.8) is 0 Å². The highest BCUT2D eigenvalue weighted by atomic mass is 14.1. The standard InChI is InChI=1S/C30H20/c1-4-15-26-21(9-1)12-8-18-27(26)22-13-7-14-25(20-22)30-28-16-5-2-10-23(28)19-24-11-3-6-17-29(24)30/h1-20H. The van der Waals surface area contributed by atoms with Crippen LogP contribution >= 0.6 is 0 Å².